The van der Waals surface area contributed by atoms with Gasteiger partial charge in [0.25, 0.3) is 0 Å². The summed E-state index contributed by atoms with van der Waals surface area (Å²) >= 11 is 5.86. The third-order valence-electron chi connectivity index (χ3n) is 4.28. The molecule has 2 aromatic rings. The SMILES string of the molecule is C[C@H](NC(=O)Cc1ccc(Cl)cc1)c1ccc2c(c1)CCC2. The molecule has 1 aliphatic rings. The van der Waals surface area contributed by atoms with Crippen molar-refractivity contribution < 1.29 is 4.79 Å². The second-order valence-electron chi connectivity index (χ2n) is 5.97. The van der Waals surface area contributed by atoms with Crippen LogP contribution in [0.4, 0.5) is 0 Å². The second kappa shape index (κ2) is 6.53. The van der Waals surface area contributed by atoms with Crippen LogP contribution in [0, 0.1) is 0 Å². The van der Waals surface area contributed by atoms with Gasteiger partial charge in [-0.2, -0.15) is 0 Å². The van der Waals surface area contributed by atoms with Gasteiger partial charge in [0.15, 0.2) is 0 Å². The van der Waals surface area contributed by atoms with Crippen LogP contribution in [0.5, 0.6) is 0 Å². The van der Waals surface area contributed by atoms with Crippen molar-refractivity contribution in [3.63, 3.8) is 0 Å². The standard InChI is InChI=1S/C19H20ClNO/c1-13(16-8-7-15-3-2-4-17(15)12-16)21-19(22)11-14-5-9-18(20)10-6-14/h5-10,12-13H,2-4,11H2,1H3,(H,21,22)/t13-/m0/s1. The number of benzene rings is 2. The van der Waals surface area contributed by atoms with Crippen molar-refractivity contribution in [2.24, 2.45) is 0 Å². The zero-order valence-corrected chi connectivity index (χ0v) is 13.5. The normalized spacial score (nSPS) is 14.5. The molecule has 114 valence electrons. The van der Waals surface area contributed by atoms with Gasteiger partial charge in [-0.3, -0.25) is 4.79 Å². The first-order valence-corrected chi connectivity index (χ1v) is 8.15. The van der Waals surface area contributed by atoms with Crippen LogP contribution in [0.25, 0.3) is 0 Å². The van der Waals surface area contributed by atoms with Gasteiger partial charge in [0.2, 0.25) is 5.91 Å². The highest BCUT2D eigenvalue weighted by Crippen LogP contribution is 2.25. The number of carbonyl (C=O) groups is 1. The quantitative estimate of drug-likeness (QED) is 0.898. The average molecular weight is 314 g/mol. The predicted octanol–water partition coefficient (Wildman–Crippen LogP) is 4.25. The van der Waals surface area contributed by atoms with E-state index in [9.17, 15) is 4.79 Å². The van der Waals surface area contributed by atoms with E-state index in [1.807, 2.05) is 31.2 Å². The molecular weight excluding hydrogens is 294 g/mol. The predicted molar refractivity (Wildman–Crippen MR) is 90.2 cm³/mol. The molecule has 2 aromatic carbocycles. The monoisotopic (exact) mass is 313 g/mol. The summed E-state index contributed by atoms with van der Waals surface area (Å²) in [5, 5.41) is 3.77. The van der Waals surface area contributed by atoms with Crippen molar-refractivity contribution in [2.45, 2.75) is 38.6 Å². The van der Waals surface area contributed by atoms with E-state index < -0.39 is 0 Å². The smallest absolute Gasteiger partial charge is 0.224 e. The summed E-state index contributed by atoms with van der Waals surface area (Å²) < 4.78 is 0. The van der Waals surface area contributed by atoms with Crippen LogP contribution in [0.15, 0.2) is 42.5 Å². The number of rotatable bonds is 4. The lowest BCUT2D eigenvalue weighted by molar-refractivity contribution is -0.121. The van der Waals surface area contributed by atoms with Gasteiger partial charge in [-0.1, -0.05) is 41.9 Å². The highest BCUT2D eigenvalue weighted by Gasteiger charge is 2.15. The van der Waals surface area contributed by atoms with Gasteiger partial charge in [0.05, 0.1) is 12.5 Å². The van der Waals surface area contributed by atoms with Gasteiger partial charge in [-0.05, 0) is 60.6 Å². The van der Waals surface area contributed by atoms with Crippen molar-refractivity contribution in [3.8, 4) is 0 Å². The number of nitrogens with one attached hydrogen (secondary N) is 1. The molecule has 2 nitrogen and oxygen atoms in total. The fraction of sp³-hybridized carbons (Fsp3) is 0.316. The molecule has 0 aliphatic heterocycles. The third-order valence-corrected chi connectivity index (χ3v) is 4.53. The Morgan fingerprint density at radius 3 is 2.64 bits per heavy atom. The lowest BCUT2D eigenvalue weighted by Crippen LogP contribution is -2.28. The molecule has 1 N–H and O–H groups in total. The van der Waals surface area contributed by atoms with Crippen molar-refractivity contribution >= 4 is 17.5 Å². The Hall–Kier alpha value is -1.80. The summed E-state index contributed by atoms with van der Waals surface area (Å²) in [5.41, 5.74) is 5.06. The van der Waals surface area contributed by atoms with Crippen molar-refractivity contribution in [1.82, 2.24) is 5.32 Å². The molecule has 0 unspecified atom stereocenters. The summed E-state index contributed by atoms with van der Waals surface area (Å²) in [6.45, 7) is 2.04. The largest absolute Gasteiger partial charge is 0.349 e. The number of halogens is 1. The Morgan fingerprint density at radius 1 is 1.14 bits per heavy atom. The molecule has 1 amide bonds. The molecule has 3 heteroatoms. The van der Waals surface area contributed by atoms with Crippen LogP contribution in [-0.4, -0.2) is 5.91 Å². The zero-order valence-electron chi connectivity index (χ0n) is 12.7. The van der Waals surface area contributed by atoms with Gasteiger partial charge in [-0.15, -0.1) is 0 Å². The molecule has 0 saturated heterocycles. The summed E-state index contributed by atoms with van der Waals surface area (Å²) in [6, 6.07) is 14.0. The average Bonchev–Trinajstić information content (AvgIpc) is 2.97. The third kappa shape index (κ3) is 3.50. The second-order valence-corrected chi connectivity index (χ2v) is 6.41. The van der Waals surface area contributed by atoms with Crippen LogP contribution in [-0.2, 0) is 24.1 Å². The Kier molecular flexibility index (Phi) is 4.49. The first-order chi connectivity index (χ1) is 10.6. The fourth-order valence-electron chi connectivity index (χ4n) is 3.02. The van der Waals surface area contributed by atoms with Crippen LogP contribution < -0.4 is 5.32 Å². The maximum atomic E-state index is 12.2. The maximum absolute atomic E-state index is 12.2. The van der Waals surface area contributed by atoms with E-state index in [0.29, 0.717) is 11.4 Å². The van der Waals surface area contributed by atoms with Gasteiger partial charge in [0.1, 0.15) is 0 Å². The van der Waals surface area contributed by atoms with E-state index in [0.717, 1.165) is 12.0 Å². The molecule has 1 aliphatic carbocycles. The summed E-state index contributed by atoms with van der Waals surface area (Å²) in [4.78, 5) is 12.2. The molecule has 0 saturated carbocycles. The minimum atomic E-state index is 0.0331. The van der Waals surface area contributed by atoms with Crippen molar-refractivity contribution in [1.29, 1.82) is 0 Å². The van der Waals surface area contributed by atoms with E-state index in [-0.39, 0.29) is 11.9 Å². The minimum Gasteiger partial charge on any atom is -0.349 e. The molecule has 0 fully saturated rings. The topological polar surface area (TPSA) is 29.1 Å². The molecule has 0 spiro atoms. The number of carbonyl (C=O) groups excluding carboxylic acids is 1. The van der Waals surface area contributed by atoms with E-state index in [1.54, 1.807) is 0 Å². The lowest BCUT2D eigenvalue weighted by atomic mass is 10.0. The zero-order chi connectivity index (χ0) is 15.5. The number of amides is 1. The summed E-state index contributed by atoms with van der Waals surface area (Å²) in [6.07, 6.45) is 3.98. The Bertz CT molecular complexity index is 678. The lowest BCUT2D eigenvalue weighted by Gasteiger charge is -2.15. The number of fused-ring (bicyclic) bond motifs is 1. The Balaban J connectivity index is 1.62. The van der Waals surface area contributed by atoms with Crippen LogP contribution in [0.1, 0.15) is 41.6 Å². The molecule has 0 aromatic heterocycles. The van der Waals surface area contributed by atoms with E-state index in [1.165, 1.54) is 29.5 Å². The maximum Gasteiger partial charge on any atom is 0.224 e. The van der Waals surface area contributed by atoms with E-state index in [4.69, 9.17) is 11.6 Å². The molecule has 3 rings (SSSR count). The van der Waals surface area contributed by atoms with Crippen LogP contribution in [0.2, 0.25) is 5.02 Å². The van der Waals surface area contributed by atoms with Crippen molar-refractivity contribution in [2.75, 3.05) is 0 Å². The first kappa shape index (κ1) is 15.1. The van der Waals surface area contributed by atoms with Gasteiger partial charge >= 0.3 is 0 Å². The number of aryl methyl sites for hydroxylation is 2. The highest BCUT2D eigenvalue weighted by molar-refractivity contribution is 6.30. The molecule has 0 radical (unpaired) electrons. The van der Waals surface area contributed by atoms with Gasteiger partial charge in [0, 0.05) is 5.02 Å². The summed E-state index contributed by atoms with van der Waals surface area (Å²) in [7, 11) is 0. The Morgan fingerprint density at radius 2 is 1.86 bits per heavy atom. The van der Waals surface area contributed by atoms with E-state index in [2.05, 4.69) is 23.5 Å². The number of hydrogen-bond acceptors (Lipinski definition) is 1. The van der Waals surface area contributed by atoms with E-state index >= 15 is 0 Å². The Labute approximate surface area is 136 Å². The fourth-order valence-corrected chi connectivity index (χ4v) is 3.15. The van der Waals surface area contributed by atoms with Crippen molar-refractivity contribution in [3.05, 3.63) is 69.7 Å². The minimum absolute atomic E-state index is 0.0331. The molecule has 22 heavy (non-hydrogen) atoms. The van der Waals surface area contributed by atoms with Gasteiger partial charge in [-0.25, -0.2) is 0 Å². The molecule has 0 bridgehead atoms. The van der Waals surface area contributed by atoms with Gasteiger partial charge < -0.3 is 5.32 Å². The van der Waals surface area contributed by atoms with Crippen LogP contribution >= 0.6 is 11.6 Å². The first-order valence-electron chi connectivity index (χ1n) is 7.77. The highest BCUT2D eigenvalue weighted by atomic mass is 35.5. The number of hydrogen-bond donors (Lipinski definition) is 1. The molecule has 0 heterocycles. The molecule has 1 atom stereocenters. The van der Waals surface area contributed by atoms with Crippen LogP contribution in [0.3, 0.4) is 0 Å². The summed E-state index contributed by atoms with van der Waals surface area (Å²) in [5.74, 6) is 0.0373. The molecular formula is C19H20ClNO.